The Kier molecular flexibility index (Phi) is 9.88. The Balaban J connectivity index is 3.99. The van der Waals surface area contributed by atoms with E-state index in [1.807, 2.05) is 0 Å². The Labute approximate surface area is 119 Å². The number of esters is 1. The van der Waals surface area contributed by atoms with Crippen molar-refractivity contribution in [2.45, 2.75) is 65.1 Å². The summed E-state index contributed by atoms with van der Waals surface area (Å²) in [7, 11) is -1.53. The number of carbonyl (C=O) groups is 1. The van der Waals surface area contributed by atoms with Gasteiger partial charge in [0.1, 0.15) is 0 Å². The number of carbonyl (C=O) groups excluding carboxylic acids is 1. The second-order valence-corrected chi connectivity index (χ2v) is 9.45. The summed E-state index contributed by atoms with van der Waals surface area (Å²) in [6.45, 7) is 13.1. The van der Waals surface area contributed by atoms with Crippen molar-refractivity contribution in [2.75, 3.05) is 13.2 Å². The third-order valence-electron chi connectivity index (χ3n) is 3.41. The van der Waals surface area contributed by atoms with Gasteiger partial charge in [0.2, 0.25) is 0 Å². The zero-order valence-electron chi connectivity index (χ0n) is 13.1. The molecule has 4 heteroatoms. The van der Waals surface area contributed by atoms with E-state index in [2.05, 4.69) is 27.4 Å². The highest BCUT2D eigenvalue weighted by atomic mass is 28.4. The molecule has 1 unspecified atom stereocenters. The van der Waals surface area contributed by atoms with Crippen molar-refractivity contribution in [1.82, 2.24) is 0 Å². The summed E-state index contributed by atoms with van der Waals surface area (Å²) in [6, 6.07) is 3.60. The van der Waals surface area contributed by atoms with E-state index in [1.54, 1.807) is 6.92 Å². The molecular formula is C15H30O3Si. The average molecular weight is 286 g/mol. The lowest BCUT2D eigenvalue weighted by Crippen LogP contribution is -2.37. The van der Waals surface area contributed by atoms with E-state index in [0.717, 1.165) is 19.4 Å². The van der Waals surface area contributed by atoms with Gasteiger partial charge in [0.25, 0.3) is 0 Å². The van der Waals surface area contributed by atoms with E-state index in [1.165, 1.54) is 24.6 Å². The molecule has 0 spiro atoms. The van der Waals surface area contributed by atoms with Crippen LogP contribution in [0.2, 0.25) is 18.1 Å². The Bertz CT molecular complexity index is 271. The summed E-state index contributed by atoms with van der Waals surface area (Å²) in [5.41, 5.74) is 0.470. The van der Waals surface area contributed by atoms with Crippen molar-refractivity contribution >= 4 is 14.3 Å². The van der Waals surface area contributed by atoms with Gasteiger partial charge in [0.15, 0.2) is 8.32 Å². The van der Waals surface area contributed by atoms with Gasteiger partial charge in [-0.05, 0) is 38.4 Å². The van der Waals surface area contributed by atoms with Gasteiger partial charge in [-0.2, -0.15) is 0 Å². The maximum absolute atomic E-state index is 11.2. The average Bonchev–Trinajstić information content (AvgIpc) is 2.38. The highest BCUT2D eigenvalue weighted by molar-refractivity contribution is 6.73. The maximum atomic E-state index is 11.2. The van der Waals surface area contributed by atoms with Crippen LogP contribution in [0.1, 0.15) is 47.0 Å². The van der Waals surface area contributed by atoms with E-state index in [0.29, 0.717) is 12.2 Å². The molecule has 0 N–H and O–H groups in total. The molecule has 0 rings (SSSR count). The van der Waals surface area contributed by atoms with Crippen molar-refractivity contribution in [1.29, 1.82) is 0 Å². The quantitative estimate of drug-likeness (QED) is 0.246. The number of unbranched alkanes of at least 4 members (excludes halogenated alkanes) is 1. The Morgan fingerprint density at radius 2 is 1.84 bits per heavy atom. The fraction of sp³-hybridized carbons (Fsp3) is 0.800. The zero-order valence-corrected chi connectivity index (χ0v) is 14.1. The van der Waals surface area contributed by atoms with Crippen LogP contribution in [-0.2, 0) is 14.0 Å². The van der Waals surface area contributed by atoms with Gasteiger partial charge in [-0.25, -0.2) is 4.79 Å². The predicted octanol–water partition coefficient (Wildman–Crippen LogP) is 4.30. The van der Waals surface area contributed by atoms with E-state index < -0.39 is 8.32 Å². The summed E-state index contributed by atoms with van der Waals surface area (Å²) < 4.78 is 11.2. The lowest BCUT2D eigenvalue weighted by molar-refractivity contribution is -0.139. The van der Waals surface area contributed by atoms with Gasteiger partial charge in [-0.3, -0.25) is 0 Å². The van der Waals surface area contributed by atoms with Crippen LogP contribution in [0, 0.1) is 0 Å². The summed E-state index contributed by atoms with van der Waals surface area (Å²) in [4.78, 5) is 11.2. The van der Waals surface area contributed by atoms with Gasteiger partial charge in [0.05, 0.1) is 6.61 Å². The molecule has 0 bridgehead atoms. The van der Waals surface area contributed by atoms with Crippen molar-refractivity contribution in [2.24, 2.45) is 0 Å². The van der Waals surface area contributed by atoms with Gasteiger partial charge >= 0.3 is 5.97 Å². The molecule has 112 valence electrons. The molecule has 0 amide bonds. The second kappa shape index (κ2) is 10.2. The summed E-state index contributed by atoms with van der Waals surface area (Å²) in [5, 5.41) is 0. The van der Waals surface area contributed by atoms with Gasteiger partial charge in [0, 0.05) is 12.2 Å². The topological polar surface area (TPSA) is 35.5 Å². The van der Waals surface area contributed by atoms with Crippen LogP contribution in [0.3, 0.4) is 0 Å². The molecule has 19 heavy (non-hydrogen) atoms. The van der Waals surface area contributed by atoms with Crippen molar-refractivity contribution in [3.8, 4) is 0 Å². The lowest BCUT2D eigenvalue weighted by Gasteiger charge is -2.29. The first kappa shape index (κ1) is 18.4. The Hall–Kier alpha value is -0.613. The van der Waals surface area contributed by atoms with Gasteiger partial charge in [-0.1, -0.05) is 33.3 Å². The standard InChI is InChI=1S/C15H30O3Si/c1-6-12-19(8-3,18-7-2)13-10-9-11-17-15(16)14(4)5/h4,6-13H2,1-3,5H3. The molecule has 0 aromatic heterocycles. The minimum atomic E-state index is -1.53. The van der Waals surface area contributed by atoms with Crippen LogP contribution >= 0.6 is 0 Å². The number of rotatable bonds is 11. The first-order valence-corrected chi connectivity index (χ1v) is 10.0. The van der Waals surface area contributed by atoms with Crippen molar-refractivity contribution < 1.29 is 14.0 Å². The van der Waals surface area contributed by atoms with E-state index in [-0.39, 0.29) is 5.97 Å². The van der Waals surface area contributed by atoms with Gasteiger partial charge < -0.3 is 9.16 Å². The summed E-state index contributed by atoms with van der Waals surface area (Å²) >= 11 is 0. The second-order valence-electron chi connectivity index (χ2n) is 5.09. The minimum absolute atomic E-state index is 0.280. The molecule has 0 radical (unpaired) electrons. The molecule has 0 aliphatic heterocycles. The largest absolute Gasteiger partial charge is 0.462 e. The molecule has 1 atom stereocenters. The Morgan fingerprint density at radius 1 is 1.16 bits per heavy atom. The lowest BCUT2D eigenvalue weighted by atomic mass is 10.3. The molecule has 3 nitrogen and oxygen atoms in total. The third kappa shape index (κ3) is 7.53. The van der Waals surface area contributed by atoms with Crippen molar-refractivity contribution in [3.63, 3.8) is 0 Å². The third-order valence-corrected chi connectivity index (χ3v) is 8.27. The highest BCUT2D eigenvalue weighted by Crippen LogP contribution is 2.26. The number of hydrogen-bond donors (Lipinski definition) is 0. The van der Waals surface area contributed by atoms with Gasteiger partial charge in [-0.15, -0.1) is 0 Å². The van der Waals surface area contributed by atoms with E-state index >= 15 is 0 Å². The number of ether oxygens (including phenoxy) is 1. The van der Waals surface area contributed by atoms with Crippen LogP contribution in [0.15, 0.2) is 12.2 Å². The van der Waals surface area contributed by atoms with Crippen LogP contribution in [0.4, 0.5) is 0 Å². The maximum Gasteiger partial charge on any atom is 0.333 e. The fourth-order valence-corrected chi connectivity index (χ4v) is 6.19. The zero-order chi connectivity index (χ0) is 14.7. The van der Waals surface area contributed by atoms with Crippen LogP contribution in [-0.4, -0.2) is 27.5 Å². The minimum Gasteiger partial charge on any atom is -0.462 e. The number of hydrogen-bond acceptors (Lipinski definition) is 3. The first-order chi connectivity index (χ1) is 9.01. The molecule has 0 saturated carbocycles. The molecule has 0 aromatic rings. The van der Waals surface area contributed by atoms with Crippen LogP contribution < -0.4 is 0 Å². The SMILES string of the molecule is C=C(C)C(=O)OCCCC[Si](CC)(CCC)OCC. The van der Waals surface area contributed by atoms with E-state index in [4.69, 9.17) is 9.16 Å². The summed E-state index contributed by atoms with van der Waals surface area (Å²) in [6.07, 6.45) is 3.21. The fourth-order valence-electron chi connectivity index (χ4n) is 2.32. The molecule has 0 heterocycles. The monoisotopic (exact) mass is 286 g/mol. The molecular weight excluding hydrogens is 256 g/mol. The molecule has 0 aliphatic rings. The Morgan fingerprint density at radius 3 is 2.32 bits per heavy atom. The summed E-state index contributed by atoms with van der Waals surface area (Å²) in [5.74, 6) is -0.280. The normalized spacial score (nSPS) is 13.9. The van der Waals surface area contributed by atoms with Crippen molar-refractivity contribution in [3.05, 3.63) is 12.2 Å². The highest BCUT2D eigenvalue weighted by Gasteiger charge is 2.30. The smallest absolute Gasteiger partial charge is 0.333 e. The van der Waals surface area contributed by atoms with E-state index in [9.17, 15) is 4.79 Å². The molecule has 0 aromatic carbocycles. The predicted molar refractivity (Wildman–Crippen MR) is 82.8 cm³/mol. The van der Waals surface area contributed by atoms with Crippen LogP contribution in [0.5, 0.6) is 0 Å². The van der Waals surface area contributed by atoms with Crippen LogP contribution in [0.25, 0.3) is 0 Å². The molecule has 0 saturated heterocycles. The molecule has 0 aliphatic carbocycles. The first-order valence-electron chi connectivity index (χ1n) is 7.48. The molecule has 0 fully saturated rings.